The lowest BCUT2D eigenvalue weighted by Crippen LogP contribution is -2.19. The van der Waals surface area contributed by atoms with E-state index in [-0.39, 0.29) is 17.9 Å². The van der Waals surface area contributed by atoms with Crippen molar-refractivity contribution >= 4 is 23.3 Å². The number of nitrogens with one attached hydrogen (secondary N) is 3. The van der Waals surface area contributed by atoms with Crippen LogP contribution in [-0.4, -0.2) is 34.2 Å². The summed E-state index contributed by atoms with van der Waals surface area (Å²) in [6.45, 7) is 4.13. The van der Waals surface area contributed by atoms with Crippen LogP contribution >= 0.6 is 0 Å². The van der Waals surface area contributed by atoms with Gasteiger partial charge in [-0.05, 0) is 51.3 Å². The highest BCUT2D eigenvalue weighted by Gasteiger charge is 2.29. The molecular formula is C19H22N4O3. The Morgan fingerprint density at radius 2 is 1.96 bits per heavy atom. The number of H-pyrrole nitrogens is 1. The summed E-state index contributed by atoms with van der Waals surface area (Å²) >= 11 is 0. The van der Waals surface area contributed by atoms with Crippen LogP contribution in [0.3, 0.4) is 0 Å². The minimum absolute atomic E-state index is 0.252. The number of imide groups is 1. The number of hydrogen-bond donors (Lipinski definition) is 3. The van der Waals surface area contributed by atoms with Crippen LogP contribution in [-0.2, 0) is 4.74 Å². The Morgan fingerprint density at radius 1 is 1.15 bits per heavy atom. The molecule has 7 heteroatoms. The normalized spacial score (nSPS) is 22.0. The summed E-state index contributed by atoms with van der Waals surface area (Å²) < 4.78 is 5.91. The average Bonchev–Trinajstić information content (AvgIpc) is 3.28. The van der Waals surface area contributed by atoms with Gasteiger partial charge in [-0.3, -0.25) is 20.0 Å². The van der Waals surface area contributed by atoms with Crippen LogP contribution in [0.5, 0.6) is 0 Å². The predicted octanol–water partition coefficient (Wildman–Crippen LogP) is 3.10. The Hall–Kier alpha value is -2.67. The zero-order chi connectivity index (χ0) is 18.3. The predicted molar refractivity (Wildman–Crippen MR) is 96.7 cm³/mol. The largest absolute Gasteiger partial charge is 0.376 e. The first-order chi connectivity index (χ1) is 12.5. The SMILES string of the molecule is CC(C)OC1CCC(c2cc(Nc3ccc4c(c3)C(=O)NC4=O)n[nH]2)C1. The standard InChI is InChI=1S/C19H22N4O3/c1-10(2)26-13-5-3-11(7-13)16-9-17(23-22-16)20-12-4-6-14-15(8-12)19(25)21-18(14)24/h4,6,8-11,13H,3,5,7H2,1-2H3,(H2,20,22,23)(H,21,24,25). The third-order valence-electron chi connectivity index (χ3n) is 4.89. The summed E-state index contributed by atoms with van der Waals surface area (Å²) in [4.78, 5) is 23.4. The van der Waals surface area contributed by atoms with Crippen LogP contribution in [0, 0.1) is 0 Å². The molecule has 1 aliphatic heterocycles. The molecule has 1 aromatic carbocycles. The smallest absolute Gasteiger partial charge is 0.259 e. The number of nitrogens with zero attached hydrogens (tertiary/aromatic N) is 1. The minimum Gasteiger partial charge on any atom is -0.376 e. The maximum absolute atomic E-state index is 11.8. The Balaban J connectivity index is 1.44. The van der Waals surface area contributed by atoms with Gasteiger partial charge < -0.3 is 10.1 Å². The molecule has 0 spiro atoms. The van der Waals surface area contributed by atoms with Crippen molar-refractivity contribution in [3.05, 3.63) is 41.1 Å². The zero-order valence-corrected chi connectivity index (χ0v) is 14.8. The number of aromatic amines is 1. The fourth-order valence-corrected chi connectivity index (χ4v) is 3.73. The van der Waals surface area contributed by atoms with Gasteiger partial charge in [0.15, 0.2) is 5.82 Å². The van der Waals surface area contributed by atoms with Gasteiger partial charge in [0.25, 0.3) is 11.8 Å². The van der Waals surface area contributed by atoms with Crippen molar-refractivity contribution in [1.29, 1.82) is 0 Å². The first-order valence-electron chi connectivity index (χ1n) is 8.97. The van der Waals surface area contributed by atoms with Gasteiger partial charge >= 0.3 is 0 Å². The Bertz CT molecular complexity index is 858. The molecule has 1 saturated carbocycles. The van der Waals surface area contributed by atoms with Crippen LogP contribution in [0.2, 0.25) is 0 Å². The van der Waals surface area contributed by atoms with Crippen molar-refractivity contribution in [2.24, 2.45) is 0 Å². The zero-order valence-electron chi connectivity index (χ0n) is 14.8. The molecule has 2 aromatic rings. The van der Waals surface area contributed by atoms with Gasteiger partial charge in [-0.25, -0.2) is 0 Å². The number of aromatic nitrogens is 2. The topological polar surface area (TPSA) is 96.1 Å². The van der Waals surface area contributed by atoms with E-state index in [0.29, 0.717) is 29.0 Å². The molecule has 3 N–H and O–H groups in total. The molecule has 1 aliphatic carbocycles. The number of amides is 2. The van der Waals surface area contributed by atoms with Crippen LogP contribution in [0.1, 0.15) is 65.4 Å². The first kappa shape index (κ1) is 16.8. The van der Waals surface area contributed by atoms with Gasteiger partial charge in [0.05, 0.1) is 23.3 Å². The molecule has 26 heavy (non-hydrogen) atoms. The molecule has 1 fully saturated rings. The van der Waals surface area contributed by atoms with E-state index in [1.807, 2.05) is 6.07 Å². The third-order valence-corrected chi connectivity index (χ3v) is 4.89. The second kappa shape index (κ2) is 6.57. The van der Waals surface area contributed by atoms with E-state index in [0.717, 1.165) is 30.6 Å². The van der Waals surface area contributed by atoms with Crippen molar-refractivity contribution in [3.63, 3.8) is 0 Å². The van der Waals surface area contributed by atoms with Crippen LogP contribution < -0.4 is 10.6 Å². The van der Waals surface area contributed by atoms with Gasteiger partial charge in [0.2, 0.25) is 0 Å². The Labute approximate surface area is 151 Å². The molecule has 2 aliphatic rings. The van der Waals surface area contributed by atoms with Crippen molar-refractivity contribution < 1.29 is 14.3 Å². The average molecular weight is 354 g/mol. The molecule has 0 radical (unpaired) electrons. The maximum Gasteiger partial charge on any atom is 0.259 e. The van der Waals surface area contributed by atoms with Crippen molar-refractivity contribution in [3.8, 4) is 0 Å². The summed E-state index contributed by atoms with van der Waals surface area (Å²) in [6, 6.07) is 7.09. The van der Waals surface area contributed by atoms with Gasteiger partial charge in [-0.2, -0.15) is 5.10 Å². The van der Waals surface area contributed by atoms with E-state index in [9.17, 15) is 9.59 Å². The molecule has 0 bridgehead atoms. The molecular weight excluding hydrogens is 332 g/mol. The maximum atomic E-state index is 11.8. The molecule has 2 unspecified atom stereocenters. The number of benzene rings is 1. The highest BCUT2D eigenvalue weighted by molar-refractivity contribution is 6.21. The molecule has 1 aromatic heterocycles. The highest BCUT2D eigenvalue weighted by atomic mass is 16.5. The number of anilines is 2. The van der Waals surface area contributed by atoms with E-state index in [4.69, 9.17) is 4.74 Å². The summed E-state index contributed by atoms with van der Waals surface area (Å²) in [5.41, 5.74) is 2.61. The summed E-state index contributed by atoms with van der Waals surface area (Å²) in [5, 5.41) is 12.9. The minimum atomic E-state index is -0.362. The lowest BCUT2D eigenvalue weighted by atomic mass is 10.0. The van der Waals surface area contributed by atoms with Crippen LogP contribution in [0.15, 0.2) is 24.3 Å². The second-order valence-corrected chi connectivity index (χ2v) is 7.19. The van der Waals surface area contributed by atoms with E-state index in [2.05, 4.69) is 34.7 Å². The second-order valence-electron chi connectivity index (χ2n) is 7.19. The Morgan fingerprint density at radius 3 is 2.77 bits per heavy atom. The molecule has 2 amide bonds. The number of rotatable bonds is 5. The van der Waals surface area contributed by atoms with Crippen molar-refractivity contribution in [2.45, 2.75) is 51.2 Å². The lowest BCUT2D eigenvalue weighted by Gasteiger charge is -2.14. The summed E-state index contributed by atoms with van der Waals surface area (Å²) in [6.07, 6.45) is 3.72. The molecule has 136 valence electrons. The Kier molecular flexibility index (Phi) is 4.24. The summed E-state index contributed by atoms with van der Waals surface area (Å²) in [5.74, 6) is 0.402. The van der Waals surface area contributed by atoms with E-state index in [1.54, 1.807) is 18.2 Å². The monoisotopic (exact) mass is 354 g/mol. The quantitative estimate of drug-likeness (QED) is 0.717. The van der Waals surface area contributed by atoms with Crippen molar-refractivity contribution in [2.75, 3.05) is 5.32 Å². The molecule has 0 saturated heterocycles. The van der Waals surface area contributed by atoms with Crippen LogP contribution in [0.25, 0.3) is 0 Å². The number of hydrogen-bond acceptors (Lipinski definition) is 5. The molecule has 4 rings (SSSR count). The number of fused-ring (bicyclic) bond motifs is 1. The molecule has 2 heterocycles. The van der Waals surface area contributed by atoms with Gasteiger partial charge in [0.1, 0.15) is 0 Å². The first-order valence-corrected chi connectivity index (χ1v) is 8.97. The fraction of sp³-hybridized carbons (Fsp3) is 0.421. The van der Waals surface area contributed by atoms with Gasteiger partial charge in [0, 0.05) is 23.4 Å². The number of carbonyl (C=O) groups is 2. The molecule has 7 nitrogen and oxygen atoms in total. The third kappa shape index (κ3) is 3.22. The van der Waals surface area contributed by atoms with Crippen molar-refractivity contribution in [1.82, 2.24) is 15.5 Å². The van der Waals surface area contributed by atoms with E-state index < -0.39 is 0 Å². The molecule has 2 atom stereocenters. The van der Waals surface area contributed by atoms with E-state index in [1.165, 1.54) is 0 Å². The lowest BCUT2D eigenvalue weighted by molar-refractivity contribution is 0.0117. The van der Waals surface area contributed by atoms with E-state index >= 15 is 0 Å². The van der Waals surface area contributed by atoms with Crippen LogP contribution in [0.4, 0.5) is 11.5 Å². The van der Waals surface area contributed by atoms with Gasteiger partial charge in [-0.1, -0.05) is 0 Å². The fourth-order valence-electron chi connectivity index (χ4n) is 3.73. The summed E-state index contributed by atoms with van der Waals surface area (Å²) in [7, 11) is 0. The highest BCUT2D eigenvalue weighted by Crippen LogP contribution is 2.36. The number of ether oxygens (including phenoxy) is 1. The number of carbonyl (C=O) groups excluding carboxylic acids is 2. The van der Waals surface area contributed by atoms with Gasteiger partial charge in [-0.15, -0.1) is 0 Å².